The van der Waals surface area contributed by atoms with Gasteiger partial charge in [-0.25, -0.2) is 4.79 Å². The van der Waals surface area contributed by atoms with Crippen molar-refractivity contribution in [2.24, 2.45) is 4.99 Å². The number of nitrogens with one attached hydrogen (secondary N) is 2. The fraction of sp³-hybridized carbons (Fsp3) is 0.714. The molecule has 5 N–H and O–H groups in total. The molecule has 1 aromatic carbocycles. The molecule has 0 fully saturated rings. The molecule has 1 rings (SSSR count). The third-order valence-electron chi connectivity index (χ3n) is 7.77. The van der Waals surface area contributed by atoms with Gasteiger partial charge in [-0.15, -0.1) is 0 Å². The minimum absolute atomic E-state index is 0.123. The van der Waals surface area contributed by atoms with Crippen LogP contribution in [0.25, 0.3) is 0 Å². The number of carboxylic acid groups (broad SMARTS) is 2. The molecule has 0 aromatic heterocycles. The summed E-state index contributed by atoms with van der Waals surface area (Å²) >= 11 is 0. The van der Waals surface area contributed by atoms with Gasteiger partial charge in [0.2, 0.25) is 5.91 Å². The first kappa shape index (κ1) is 40.0. The fourth-order valence-corrected chi connectivity index (χ4v) is 4.94. The summed E-state index contributed by atoms with van der Waals surface area (Å²) in [6.07, 6.45) is 16.0. The van der Waals surface area contributed by atoms with E-state index in [-0.39, 0.29) is 24.3 Å². The van der Waals surface area contributed by atoms with Crippen LogP contribution in [-0.4, -0.2) is 70.8 Å². The van der Waals surface area contributed by atoms with Gasteiger partial charge in [0, 0.05) is 25.2 Å². The van der Waals surface area contributed by atoms with E-state index < -0.39 is 24.2 Å². The molecule has 10 nitrogen and oxygen atoms in total. The zero-order valence-corrected chi connectivity index (χ0v) is 27.7. The van der Waals surface area contributed by atoms with Gasteiger partial charge in [-0.2, -0.15) is 0 Å². The lowest BCUT2D eigenvalue weighted by molar-refractivity contribution is -0.141. The molecule has 0 aliphatic carbocycles. The van der Waals surface area contributed by atoms with Crippen LogP contribution in [0.5, 0.6) is 5.75 Å². The van der Waals surface area contributed by atoms with Crippen LogP contribution in [0, 0.1) is 0 Å². The molecule has 0 aliphatic heterocycles. The molecule has 0 bridgehead atoms. The summed E-state index contributed by atoms with van der Waals surface area (Å²) in [7, 11) is 0. The number of carboxylic acids is 2. The van der Waals surface area contributed by atoms with E-state index in [0.29, 0.717) is 25.3 Å². The monoisotopic (exact) mass is 633 g/mol. The van der Waals surface area contributed by atoms with Crippen molar-refractivity contribution >= 4 is 23.6 Å². The van der Waals surface area contributed by atoms with E-state index in [9.17, 15) is 24.6 Å². The zero-order chi connectivity index (χ0) is 33.1. The second-order valence-electron chi connectivity index (χ2n) is 11.9. The highest BCUT2D eigenvalue weighted by atomic mass is 16.5. The van der Waals surface area contributed by atoms with Crippen molar-refractivity contribution in [2.45, 2.75) is 142 Å². The Balaban J connectivity index is 1.96. The lowest BCUT2D eigenvalue weighted by Crippen LogP contribution is -2.44. The van der Waals surface area contributed by atoms with Crippen molar-refractivity contribution in [3.63, 3.8) is 0 Å². The number of hydrogen-bond acceptors (Lipinski definition) is 7. The van der Waals surface area contributed by atoms with Crippen LogP contribution >= 0.6 is 0 Å². The standard InChI is InChI=1S/C35H59N3O7/c1-3-4-25-37-32(39)24-23-31(35(43)44)38-33(40)18-14-10-8-11-15-26-36-28(2)17-13-9-6-5-7-12-16-27-45-30-21-19-29(20-22-30)34(41)42/h19-22,31,33,38,40H,3-18,23-27H2,1-2H3,(H,37,39)(H,41,42)(H,43,44). The van der Waals surface area contributed by atoms with E-state index in [4.69, 9.17) is 14.8 Å². The number of aliphatic carboxylic acids is 1. The number of ether oxygens (including phenoxy) is 1. The molecule has 0 aliphatic rings. The van der Waals surface area contributed by atoms with Crippen LogP contribution < -0.4 is 15.4 Å². The highest BCUT2D eigenvalue weighted by Crippen LogP contribution is 2.14. The van der Waals surface area contributed by atoms with Crippen LogP contribution in [0.15, 0.2) is 29.3 Å². The molecular weight excluding hydrogens is 574 g/mol. The van der Waals surface area contributed by atoms with Gasteiger partial charge >= 0.3 is 11.9 Å². The third kappa shape index (κ3) is 22.2. The van der Waals surface area contributed by atoms with Crippen molar-refractivity contribution in [1.29, 1.82) is 0 Å². The number of benzene rings is 1. The number of carbonyl (C=O) groups excluding carboxylic acids is 1. The third-order valence-corrected chi connectivity index (χ3v) is 7.77. The topological polar surface area (TPSA) is 158 Å². The maximum atomic E-state index is 11.8. The second-order valence-corrected chi connectivity index (χ2v) is 11.9. The molecule has 1 aromatic rings. The molecule has 2 unspecified atom stereocenters. The molecule has 256 valence electrons. The molecule has 2 atom stereocenters. The lowest BCUT2D eigenvalue weighted by atomic mass is 10.1. The first-order valence-electron chi connectivity index (χ1n) is 17.1. The quantitative estimate of drug-likeness (QED) is 0.0369. The van der Waals surface area contributed by atoms with Crippen LogP contribution in [-0.2, 0) is 9.59 Å². The fourth-order valence-electron chi connectivity index (χ4n) is 4.94. The Morgan fingerprint density at radius 3 is 2.07 bits per heavy atom. The minimum atomic E-state index is -1.05. The second kappa shape index (κ2) is 26.3. The predicted molar refractivity (Wildman–Crippen MR) is 179 cm³/mol. The number of rotatable bonds is 29. The summed E-state index contributed by atoms with van der Waals surface area (Å²) in [4.78, 5) is 38.9. The Morgan fingerprint density at radius 2 is 1.42 bits per heavy atom. The molecule has 45 heavy (non-hydrogen) atoms. The Labute approximate surface area is 270 Å². The van der Waals surface area contributed by atoms with Gasteiger partial charge < -0.3 is 25.4 Å². The maximum absolute atomic E-state index is 11.8. The first-order valence-corrected chi connectivity index (χ1v) is 17.1. The van der Waals surface area contributed by atoms with Crippen molar-refractivity contribution < 1.29 is 34.4 Å². The number of aromatic carboxylic acids is 1. The van der Waals surface area contributed by atoms with Gasteiger partial charge in [0.05, 0.1) is 12.2 Å². The van der Waals surface area contributed by atoms with E-state index in [1.807, 2.05) is 6.92 Å². The lowest BCUT2D eigenvalue weighted by Gasteiger charge is -2.19. The van der Waals surface area contributed by atoms with E-state index in [2.05, 4.69) is 17.6 Å². The summed E-state index contributed by atoms with van der Waals surface area (Å²) in [6.45, 7) is 6.27. The van der Waals surface area contributed by atoms with Gasteiger partial charge in [-0.05, 0) is 82.6 Å². The van der Waals surface area contributed by atoms with Crippen LogP contribution in [0.2, 0.25) is 0 Å². The van der Waals surface area contributed by atoms with Gasteiger partial charge in [0.1, 0.15) is 18.0 Å². The number of carbonyl (C=O) groups is 3. The first-order chi connectivity index (χ1) is 21.7. The number of aliphatic imine (C=N–C) groups is 1. The van der Waals surface area contributed by atoms with Crippen molar-refractivity contribution in [2.75, 3.05) is 19.7 Å². The number of hydrogen-bond donors (Lipinski definition) is 5. The summed E-state index contributed by atoms with van der Waals surface area (Å²) in [6, 6.07) is 5.59. The van der Waals surface area contributed by atoms with E-state index in [0.717, 1.165) is 70.8 Å². The predicted octanol–water partition coefficient (Wildman–Crippen LogP) is 6.74. The van der Waals surface area contributed by atoms with Crippen molar-refractivity contribution in [3.05, 3.63) is 29.8 Å². The number of nitrogens with zero attached hydrogens (tertiary/aromatic N) is 1. The highest BCUT2D eigenvalue weighted by molar-refractivity contribution is 5.87. The van der Waals surface area contributed by atoms with Gasteiger partial charge in [-0.1, -0.05) is 64.7 Å². The Bertz CT molecular complexity index is 968. The smallest absolute Gasteiger partial charge is 0.335 e. The van der Waals surface area contributed by atoms with E-state index in [1.54, 1.807) is 24.3 Å². The maximum Gasteiger partial charge on any atom is 0.335 e. The van der Waals surface area contributed by atoms with Crippen molar-refractivity contribution in [3.8, 4) is 5.75 Å². The van der Waals surface area contributed by atoms with Crippen molar-refractivity contribution in [1.82, 2.24) is 10.6 Å². The summed E-state index contributed by atoms with van der Waals surface area (Å²) < 4.78 is 5.68. The number of unbranched alkanes of at least 4 members (excludes halogenated alkanes) is 11. The van der Waals surface area contributed by atoms with Gasteiger partial charge in [-0.3, -0.25) is 19.9 Å². The Kier molecular flexibility index (Phi) is 23.4. The van der Waals surface area contributed by atoms with Gasteiger partial charge in [0.15, 0.2) is 0 Å². The normalized spacial score (nSPS) is 12.9. The zero-order valence-electron chi connectivity index (χ0n) is 27.7. The molecule has 0 heterocycles. The minimum Gasteiger partial charge on any atom is -0.494 e. The molecule has 10 heteroatoms. The Hall–Kier alpha value is -2.98. The number of amides is 1. The van der Waals surface area contributed by atoms with E-state index in [1.165, 1.54) is 37.8 Å². The van der Waals surface area contributed by atoms with Gasteiger partial charge in [0.25, 0.3) is 0 Å². The SMILES string of the molecule is CCCCNC(=O)CCC(NC(O)CCCCCCCN=C(C)CCCCCCCCCOc1ccc(C(=O)O)cc1)C(=O)O. The molecule has 1 amide bonds. The molecule has 0 radical (unpaired) electrons. The average molecular weight is 634 g/mol. The average Bonchev–Trinajstić information content (AvgIpc) is 3.01. The highest BCUT2D eigenvalue weighted by Gasteiger charge is 2.21. The molecular formula is C35H59N3O7. The Morgan fingerprint density at radius 1 is 0.800 bits per heavy atom. The van der Waals surface area contributed by atoms with Crippen LogP contribution in [0.3, 0.4) is 0 Å². The molecule has 0 saturated heterocycles. The summed E-state index contributed by atoms with van der Waals surface area (Å²) in [5, 5.41) is 34.1. The number of aliphatic hydroxyl groups is 1. The number of aliphatic hydroxyl groups excluding tert-OH is 1. The largest absolute Gasteiger partial charge is 0.494 e. The van der Waals surface area contributed by atoms with Crippen LogP contribution in [0.4, 0.5) is 0 Å². The molecule has 0 saturated carbocycles. The van der Waals surface area contributed by atoms with E-state index >= 15 is 0 Å². The van der Waals surface area contributed by atoms with Crippen LogP contribution in [0.1, 0.15) is 140 Å². The summed E-state index contributed by atoms with van der Waals surface area (Å²) in [5.41, 5.74) is 1.49. The molecule has 0 spiro atoms. The summed E-state index contributed by atoms with van der Waals surface area (Å²) in [5.74, 6) is -1.42.